The molecule has 0 aromatic carbocycles. The van der Waals surface area contributed by atoms with Crippen LogP contribution in [0.15, 0.2) is 11.1 Å². The topological polar surface area (TPSA) is 101 Å². The summed E-state index contributed by atoms with van der Waals surface area (Å²) in [6.07, 6.45) is 1.11. The lowest BCUT2D eigenvalue weighted by molar-refractivity contribution is -0.139. The van der Waals surface area contributed by atoms with Crippen LogP contribution in [0.2, 0.25) is 5.02 Å². The maximum atomic E-state index is 14.7. The zero-order chi connectivity index (χ0) is 21.0. The number of halogens is 2. The zero-order valence-electron chi connectivity index (χ0n) is 15.3. The number of esters is 1. The van der Waals surface area contributed by atoms with Crippen molar-refractivity contribution < 1.29 is 33.4 Å². The third kappa shape index (κ3) is 4.41. The largest absolute Gasteiger partial charge is 0.478 e. The summed E-state index contributed by atoms with van der Waals surface area (Å²) in [5.41, 5.74) is -0.561. The number of ether oxygens (including phenoxy) is 1. The average Bonchev–Trinajstić information content (AvgIpc) is 2.95. The molecule has 2 rings (SSSR count). The highest BCUT2D eigenvalue weighted by molar-refractivity contribution is 7.11. The number of amides is 2. The molecule has 0 atom stereocenters. The standard InChI is InChI=1S/C18H19ClFNO6S/c1-3-12(22)21(17(24)9-6-4-5-7-10(9)18(25)26)15-14(19)11(28-16(15)20)8-13(23)27-2/h3-8H2,1-2H3,(H,25,26). The number of carbonyl (C=O) groups is 4. The number of imide groups is 1. The van der Waals surface area contributed by atoms with Gasteiger partial charge in [-0.1, -0.05) is 18.5 Å². The van der Waals surface area contributed by atoms with Gasteiger partial charge in [0.15, 0.2) is 0 Å². The molecule has 1 aromatic heterocycles. The van der Waals surface area contributed by atoms with Crippen LogP contribution in [0.1, 0.15) is 43.9 Å². The molecular formula is C18H19ClFNO6S. The Kier molecular flexibility index (Phi) is 7.31. The van der Waals surface area contributed by atoms with E-state index in [2.05, 4.69) is 4.74 Å². The molecule has 1 heterocycles. The number of methoxy groups -OCH3 is 1. The predicted octanol–water partition coefficient (Wildman–Crippen LogP) is 3.48. The Morgan fingerprint density at radius 2 is 1.82 bits per heavy atom. The molecule has 152 valence electrons. The maximum absolute atomic E-state index is 14.7. The number of carbonyl (C=O) groups excluding carboxylic acids is 3. The second kappa shape index (κ2) is 9.29. The minimum absolute atomic E-state index is 0.0308. The molecule has 28 heavy (non-hydrogen) atoms. The number of carboxylic acids is 1. The number of anilines is 1. The summed E-state index contributed by atoms with van der Waals surface area (Å²) in [7, 11) is 1.17. The lowest BCUT2D eigenvalue weighted by atomic mass is 9.90. The normalized spacial score (nSPS) is 14.0. The van der Waals surface area contributed by atoms with E-state index < -0.39 is 34.6 Å². The van der Waals surface area contributed by atoms with Crippen LogP contribution in [0.4, 0.5) is 10.1 Å². The van der Waals surface area contributed by atoms with E-state index in [9.17, 15) is 28.7 Å². The fourth-order valence-electron chi connectivity index (χ4n) is 2.93. The Bertz CT molecular complexity index is 863. The number of nitrogens with zero attached hydrogens (tertiary/aromatic N) is 1. The third-order valence-electron chi connectivity index (χ3n) is 4.35. The van der Waals surface area contributed by atoms with Gasteiger partial charge in [0.25, 0.3) is 5.91 Å². The lowest BCUT2D eigenvalue weighted by Gasteiger charge is -2.24. The van der Waals surface area contributed by atoms with E-state index in [-0.39, 0.29) is 46.7 Å². The van der Waals surface area contributed by atoms with E-state index in [4.69, 9.17) is 11.6 Å². The van der Waals surface area contributed by atoms with E-state index in [0.717, 1.165) is 0 Å². The molecule has 1 aliphatic rings. The summed E-state index contributed by atoms with van der Waals surface area (Å²) in [6, 6.07) is 0. The number of hydrogen-bond acceptors (Lipinski definition) is 6. The van der Waals surface area contributed by atoms with Gasteiger partial charge in [-0.15, -0.1) is 11.3 Å². The van der Waals surface area contributed by atoms with Gasteiger partial charge in [-0.05, 0) is 25.7 Å². The van der Waals surface area contributed by atoms with Crippen molar-refractivity contribution in [2.24, 2.45) is 0 Å². The molecule has 0 saturated carbocycles. The van der Waals surface area contributed by atoms with Crippen molar-refractivity contribution in [1.29, 1.82) is 0 Å². The zero-order valence-corrected chi connectivity index (χ0v) is 16.9. The third-order valence-corrected chi connectivity index (χ3v) is 5.83. The number of aliphatic carboxylic acids is 1. The van der Waals surface area contributed by atoms with Gasteiger partial charge in [0.05, 0.1) is 18.6 Å². The van der Waals surface area contributed by atoms with Gasteiger partial charge in [0.2, 0.25) is 11.0 Å². The van der Waals surface area contributed by atoms with E-state index in [1.54, 1.807) is 0 Å². The lowest BCUT2D eigenvalue weighted by Crippen LogP contribution is -2.39. The van der Waals surface area contributed by atoms with Gasteiger partial charge in [0, 0.05) is 22.4 Å². The summed E-state index contributed by atoms with van der Waals surface area (Å²) in [6.45, 7) is 1.49. The van der Waals surface area contributed by atoms with Crippen LogP contribution >= 0.6 is 22.9 Å². The van der Waals surface area contributed by atoms with Crippen molar-refractivity contribution in [1.82, 2.24) is 0 Å². The van der Waals surface area contributed by atoms with Gasteiger partial charge in [-0.2, -0.15) is 4.39 Å². The van der Waals surface area contributed by atoms with Crippen molar-refractivity contribution in [2.45, 2.75) is 45.4 Å². The Hall–Kier alpha value is -2.26. The van der Waals surface area contributed by atoms with Gasteiger partial charge in [-0.3, -0.25) is 14.4 Å². The quantitative estimate of drug-likeness (QED) is 0.692. The fraction of sp³-hybridized carbons (Fsp3) is 0.444. The summed E-state index contributed by atoms with van der Waals surface area (Å²) in [5, 5.41) is 8.23. The highest BCUT2D eigenvalue weighted by Gasteiger charge is 2.35. The number of rotatable bonds is 6. The first kappa shape index (κ1) is 22.0. The molecular weight excluding hydrogens is 413 g/mol. The first-order valence-corrected chi connectivity index (χ1v) is 9.78. The first-order chi connectivity index (χ1) is 13.2. The second-order valence-corrected chi connectivity index (χ2v) is 7.50. The monoisotopic (exact) mass is 431 g/mol. The van der Waals surface area contributed by atoms with E-state index in [0.29, 0.717) is 29.1 Å². The summed E-state index contributed by atoms with van der Waals surface area (Å²) >= 11 is 6.73. The van der Waals surface area contributed by atoms with E-state index in [1.807, 2.05) is 0 Å². The van der Waals surface area contributed by atoms with Crippen LogP contribution in [-0.2, 0) is 30.3 Å². The van der Waals surface area contributed by atoms with Crippen molar-refractivity contribution in [3.63, 3.8) is 0 Å². The highest BCUT2D eigenvalue weighted by Crippen LogP contribution is 2.41. The predicted molar refractivity (Wildman–Crippen MR) is 101 cm³/mol. The highest BCUT2D eigenvalue weighted by atomic mass is 35.5. The Morgan fingerprint density at radius 3 is 2.36 bits per heavy atom. The second-order valence-electron chi connectivity index (χ2n) is 6.07. The van der Waals surface area contributed by atoms with E-state index >= 15 is 0 Å². The molecule has 1 aromatic rings. The molecule has 0 spiro atoms. The molecule has 0 radical (unpaired) electrons. The number of thiophene rings is 1. The van der Waals surface area contributed by atoms with Gasteiger partial charge >= 0.3 is 11.9 Å². The summed E-state index contributed by atoms with van der Waals surface area (Å²) in [4.78, 5) is 49.3. The summed E-state index contributed by atoms with van der Waals surface area (Å²) in [5.74, 6) is -3.52. The van der Waals surface area contributed by atoms with E-state index in [1.165, 1.54) is 14.0 Å². The SMILES string of the molecule is CCC(=O)N(C(=O)C1=C(C(=O)O)CCCC1)c1c(F)sc(CC(=O)OC)c1Cl. The van der Waals surface area contributed by atoms with Crippen molar-refractivity contribution in [3.8, 4) is 0 Å². The van der Waals surface area contributed by atoms with Gasteiger partial charge < -0.3 is 9.84 Å². The minimum atomic E-state index is -1.24. The molecule has 2 amide bonds. The van der Waals surface area contributed by atoms with Crippen LogP contribution in [0.5, 0.6) is 0 Å². The fourth-order valence-corrected chi connectivity index (χ4v) is 4.22. The molecule has 10 heteroatoms. The Balaban J connectivity index is 2.56. The average molecular weight is 432 g/mol. The molecule has 7 nitrogen and oxygen atoms in total. The van der Waals surface area contributed by atoms with Crippen LogP contribution in [0.3, 0.4) is 0 Å². The van der Waals surface area contributed by atoms with Gasteiger partial charge in [-0.25, -0.2) is 9.69 Å². The van der Waals surface area contributed by atoms with Crippen molar-refractivity contribution >= 4 is 52.4 Å². The molecule has 1 N–H and O–H groups in total. The minimum Gasteiger partial charge on any atom is -0.478 e. The molecule has 0 unspecified atom stereocenters. The number of carboxylic acid groups (broad SMARTS) is 1. The smallest absolute Gasteiger partial charge is 0.332 e. The summed E-state index contributed by atoms with van der Waals surface area (Å²) < 4.78 is 19.2. The molecule has 1 aliphatic carbocycles. The van der Waals surface area contributed by atoms with Crippen LogP contribution < -0.4 is 4.90 Å². The maximum Gasteiger partial charge on any atom is 0.332 e. The Labute approximate surface area is 169 Å². The Morgan fingerprint density at radius 1 is 1.21 bits per heavy atom. The molecule has 0 aliphatic heterocycles. The molecule has 0 bridgehead atoms. The number of hydrogen-bond donors (Lipinski definition) is 1. The van der Waals surface area contributed by atoms with Crippen LogP contribution in [-0.4, -0.2) is 36.0 Å². The van der Waals surface area contributed by atoms with Crippen LogP contribution in [0, 0.1) is 5.13 Å². The molecule has 0 fully saturated rings. The van der Waals surface area contributed by atoms with Crippen molar-refractivity contribution in [3.05, 3.63) is 26.2 Å². The molecule has 0 saturated heterocycles. The van der Waals surface area contributed by atoms with Crippen molar-refractivity contribution in [2.75, 3.05) is 12.0 Å². The van der Waals surface area contributed by atoms with Gasteiger partial charge in [0.1, 0.15) is 5.69 Å². The first-order valence-electron chi connectivity index (χ1n) is 8.58. The van der Waals surface area contributed by atoms with Crippen LogP contribution in [0.25, 0.3) is 0 Å².